The standard InChI is InChI=1S/C21H42O3/c1-5-9-10-11-12-13-14-16-21(15-6-2,17-19-18-24-19)20(22-7-3)23-8-4/h19-20H,5-18H2,1-4H3. The van der Waals surface area contributed by atoms with Gasteiger partial charge in [-0.2, -0.15) is 0 Å². The zero-order valence-corrected chi connectivity index (χ0v) is 16.8. The van der Waals surface area contributed by atoms with E-state index in [4.69, 9.17) is 14.2 Å². The third-order valence-electron chi connectivity index (χ3n) is 5.20. The van der Waals surface area contributed by atoms with E-state index in [1.54, 1.807) is 0 Å². The fourth-order valence-electron chi connectivity index (χ4n) is 3.94. The van der Waals surface area contributed by atoms with Crippen molar-refractivity contribution in [3.8, 4) is 0 Å². The lowest BCUT2D eigenvalue weighted by molar-refractivity contribution is -0.212. The zero-order chi connectivity index (χ0) is 17.7. The molecule has 0 radical (unpaired) electrons. The molecular weight excluding hydrogens is 300 g/mol. The van der Waals surface area contributed by atoms with Crippen molar-refractivity contribution in [2.24, 2.45) is 5.41 Å². The van der Waals surface area contributed by atoms with Crippen LogP contribution in [0, 0.1) is 5.41 Å². The molecule has 24 heavy (non-hydrogen) atoms. The molecule has 0 aromatic rings. The lowest BCUT2D eigenvalue weighted by Crippen LogP contribution is -2.41. The molecule has 0 bridgehead atoms. The summed E-state index contributed by atoms with van der Waals surface area (Å²) in [7, 11) is 0. The molecule has 1 aliphatic rings. The minimum absolute atomic E-state index is 0.0725. The van der Waals surface area contributed by atoms with Crippen molar-refractivity contribution in [2.75, 3.05) is 19.8 Å². The van der Waals surface area contributed by atoms with Gasteiger partial charge in [-0.25, -0.2) is 0 Å². The Morgan fingerprint density at radius 1 is 0.833 bits per heavy atom. The number of hydrogen-bond acceptors (Lipinski definition) is 3. The number of rotatable bonds is 17. The van der Waals surface area contributed by atoms with Crippen LogP contribution in [0.5, 0.6) is 0 Å². The highest BCUT2D eigenvalue weighted by Crippen LogP contribution is 2.44. The number of epoxide rings is 1. The Hall–Kier alpha value is -0.120. The fraction of sp³-hybridized carbons (Fsp3) is 1.00. The van der Waals surface area contributed by atoms with Gasteiger partial charge >= 0.3 is 0 Å². The number of hydrogen-bond donors (Lipinski definition) is 0. The second-order valence-electron chi connectivity index (χ2n) is 7.39. The van der Waals surface area contributed by atoms with Crippen LogP contribution in [-0.2, 0) is 14.2 Å². The molecule has 1 saturated heterocycles. The molecule has 144 valence electrons. The molecule has 0 amide bonds. The molecular formula is C21H42O3. The largest absolute Gasteiger partial charge is 0.373 e. The van der Waals surface area contributed by atoms with Crippen molar-refractivity contribution in [1.82, 2.24) is 0 Å². The Morgan fingerprint density at radius 2 is 1.42 bits per heavy atom. The van der Waals surface area contributed by atoms with Crippen molar-refractivity contribution in [3.63, 3.8) is 0 Å². The van der Waals surface area contributed by atoms with E-state index in [1.165, 1.54) is 64.2 Å². The molecule has 1 heterocycles. The first-order valence-corrected chi connectivity index (χ1v) is 10.6. The molecule has 0 aliphatic carbocycles. The van der Waals surface area contributed by atoms with Gasteiger partial charge in [-0.1, -0.05) is 65.2 Å². The van der Waals surface area contributed by atoms with E-state index in [0.717, 1.165) is 26.2 Å². The molecule has 3 nitrogen and oxygen atoms in total. The van der Waals surface area contributed by atoms with Gasteiger partial charge in [0, 0.05) is 18.6 Å². The normalized spacial score (nSPS) is 19.6. The molecule has 1 fully saturated rings. The van der Waals surface area contributed by atoms with Crippen molar-refractivity contribution in [3.05, 3.63) is 0 Å². The van der Waals surface area contributed by atoms with Crippen LogP contribution in [0.25, 0.3) is 0 Å². The van der Waals surface area contributed by atoms with Gasteiger partial charge in [0.05, 0.1) is 12.7 Å². The van der Waals surface area contributed by atoms with Crippen LogP contribution in [0.15, 0.2) is 0 Å². The zero-order valence-electron chi connectivity index (χ0n) is 16.8. The first-order valence-electron chi connectivity index (χ1n) is 10.6. The van der Waals surface area contributed by atoms with E-state index in [-0.39, 0.29) is 11.7 Å². The Kier molecular flexibility index (Phi) is 12.0. The average Bonchev–Trinajstić information content (AvgIpc) is 3.38. The quantitative estimate of drug-likeness (QED) is 0.182. The van der Waals surface area contributed by atoms with Crippen LogP contribution in [0.2, 0.25) is 0 Å². The minimum atomic E-state index is -0.0725. The first-order chi connectivity index (χ1) is 11.7. The van der Waals surface area contributed by atoms with Gasteiger partial charge in [0.1, 0.15) is 0 Å². The number of ether oxygens (including phenoxy) is 3. The summed E-state index contributed by atoms with van der Waals surface area (Å²) in [5.74, 6) is 0. The Bertz CT molecular complexity index is 285. The van der Waals surface area contributed by atoms with Gasteiger partial charge in [-0.15, -0.1) is 0 Å². The summed E-state index contributed by atoms with van der Waals surface area (Å²) in [5.41, 5.74) is 0.130. The predicted octanol–water partition coefficient (Wildman–Crippen LogP) is 6.10. The average molecular weight is 343 g/mol. The van der Waals surface area contributed by atoms with E-state index in [2.05, 4.69) is 27.7 Å². The van der Waals surface area contributed by atoms with Crippen LogP contribution in [0.1, 0.15) is 98.3 Å². The molecule has 2 atom stereocenters. The van der Waals surface area contributed by atoms with Gasteiger partial charge in [0.2, 0.25) is 0 Å². The van der Waals surface area contributed by atoms with Gasteiger partial charge in [-0.05, 0) is 33.1 Å². The summed E-state index contributed by atoms with van der Waals surface area (Å²) in [4.78, 5) is 0. The maximum Gasteiger partial charge on any atom is 0.163 e. The molecule has 0 aromatic carbocycles. The highest BCUT2D eigenvalue weighted by molar-refractivity contribution is 4.89. The van der Waals surface area contributed by atoms with Gasteiger partial charge < -0.3 is 14.2 Å². The Labute approximate surface area is 150 Å². The Balaban J connectivity index is 2.56. The third kappa shape index (κ3) is 8.31. The monoisotopic (exact) mass is 342 g/mol. The Morgan fingerprint density at radius 3 is 1.92 bits per heavy atom. The summed E-state index contributed by atoms with van der Waals surface area (Å²) >= 11 is 0. The van der Waals surface area contributed by atoms with Crippen molar-refractivity contribution >= 4 is 0 Å². The third-order valence-corrected chi connectivity index (χ3v) is 5.20. The summed E-state index contributed by atoms with van der Waals surface area (Å²) in [6, 6.07) is 0. The lowest BCUT2D eigenvalue weighted by atomic mass is 9.74. The smallest absolute Gasteiger partial charge is 0.163 e. The van der Waals surface area contributed by atoms with E-state index in [9.17, 15) is 0 Å². The van der Waals surface area contributed by atoms with Gasteiger partial charge in [-0.3, -0.25) is 0 Å². The topological polar surface area (TPSA) is 31.0 Å². The van der Waals surface area contributed by atoms with E-state index in [0.29, 0.717) is 6.10 Å². The lowest BCUT2D eigenvalue weighted by Gasteiger charge is -2.40. The number of unbranched alkanes of at least 4 members (excludes halogenated alkanes) is 6. The molecule has 3 heteroatoms. The second-order valence-corrected chi connectivity index (χ2v) is 7.39. The van der Waals surface area contributed by atoms with Crippen molar-refractivity contribution < 1.29 is 14.2 Å². The van der Waals surface area contributed by atoms with Crippen LogP contribution >= 0.6 is 0 Å². The molecule has 1 rings (SSSR count). The summed E-state index contributed by atoms with van der Waals surface area (Å²) in [5, 5.41) is 0. The SMILES string of the molecule is CCCCCCCCCC(CCC)(CC1CO1)C(OCC)OCC. The molecule has 0 N–H and O–H groups in total. The molecule has 0 saturated carbocycles. The highest BCUT2D eigenvalue weighted by Gasteiger charge is 2.44. The van der Waals surface area contributed by atoms with E-state index >= 15 is 0 Å². The van der Waals surface area contributed by atoms with E-state index < -0.39 is 0 Å². The van der Waals surface area contributed by atoms with Gasteiger partial charge in [0.15, 0.2) is 6.29 Å². The van der Waals surface area contributed by atoms with Crippen LogP contribution in [0.4, 0.5) is 0 Å². The minimum Gasteiger partial charge on any atom is -0.373 e. The predicted molar refractivity (Wildman–Crippen MR) is 101 cm³/mol. The summed E-state index contributed by atoms with van der Waals surface area (Å²) in [6.45, 7) is 11.1. The van der Waals surface area contributed by atoms with Gasteiger partial charge in [0.25, 0.3) is 0 Å². The van der Waals surface area contributed by atoms with Crippen molar-refractivity contribution in [1.29, 1.82) is 0 Å². The second kappa shape index (κ2) is 13.1. The van der Waals surface area contributed by atoms with Crippen LogP contribution in [-0.4, -0.2) is 32.2 Å². The van der Waals surface area contributed by atoms with Crippen LogP contribution < -0.4 is 0 Å². The molecule has 0 spiro atoms. The molecule has 1 aliphatic heterocycles. The highest BCUT2D eigenvalue weighted by atomic mass is 16.7. The summed E-state index contributed by atoms with van der Waals surface area (Å²) < 4.78 is 17.7. The first kappa shape index (κ1) is 21.9. The maximum atomic E-state index is 6.06. The summed E-state index contributed by atoms with van der Waals surface area (Å²) in [6.07, 6.45) is 14.5. The fourth-order valence-corrected chi connectivity index (χ4v) is 3.94. The maximum absolute atomic E-state index is 6.06. The molecule has 2 unspecified atom stereocenters. The van der Waals surface area contributed by atoms with Crippen molar-refractivity contribution in [2.45, 2.75) is 111 Å². The molecule has 0 aromatic heterocycles. The van der Waals surface area contributed by atoms with Crippen LogP contribution in [0.3, 0.4) is 0 Å². The van der Waals surface area contributed by atoms with E-state index in [1.807, 2.05) is 0 Å².